The van der Waals surface area contributed by atoms with E-state index in [1.807, 2.05) is 17.9 Å². The van der Waals surface area contributed by atoms with Gasteiger partial charge in [-0.3, -0.25) is 14.5 Å². The van der Waals surface area contributed by atoms with E-state index in [4.69, 9.17) is 4.74 Å². The second-order valence-corrected chi connectivity index (χ2v) is 7.58. The fraction of sp³-hybridized carbons (Fsp3) is 0.684. The van der Waals surface area contributed by atoms with Gasteiger partial charge in [-0.15, -0.1) is 0 Å². The Morgan fingerprint density at radius 2 is 2.08 bits per heavy atom. The van der Waals surface area contributed by atoms with Crippen LogP contribution in [0.3, 0.4) is 0 Å². The number of amides is 1. The van der Waals surface area contributed by atoms with Gasteiger partial charge in [-0.25, -0.2) is 0 Å². The largest absolute Gasteiger partial charge is 0.378 e. The lowest BCUT2D eigenvalue weighted by atomic mass is 10.0. The zero-order valence-corrected chi connectivity index (χ0v) is 14.9. The van der Waals surface area contributed by atoms with Gasteiger partial charge in [0.25, 0.3) is 5.56 Å². The summed E-state index contributed by atoms with van der Waals surface area (Å²) >= 11 is 0. The number of morpholine rings is 1. The third-order valence-corrected chi connectivity index (χ3v) is 5.89. The molecule has 1 aromatic rings. The standard InChI is InChI=1S/C19H27N3O3/c1-14-3-2-4-19(24)21(14)8-7-18(23)20-9-10-22-16(11-20)12-25-13-17(22)15-5-6-15/h2-4,15-17H,5-13H2,1H3/t16-,17-/m1/s1. The Hall–Kier alpha value is -1.66. The Morgan fingerprint density at radius 1 is 1.24 bits per heavy atom. The van der Waals surface area contributed by atoms with E-state index in [0.29, 0.717) is 25.0 Å². The van der Waals surface area contributed by atoms with Crippen molar-refractivity contribution in [2.24, 2.45) is 5.92 Å². The van der Waals surface area contributed by atoms with Crippen molar-refractivity contribution in [3.63, 3.8) is 0 Å². The maximum atomic E-state index is 12.6. The summed E-state index contributed by atoms with van der Waals surface area (Å²) in [5.74, 6) is 0.946. The minimum atomic E-state index is -0.0365. The second kappa shape index (κ2) is 6.92. The summed E-state index contributed by atoms with van der Waals surface area (Å²) in [6.07, 6.45) is 3.03. The van der Waals surface area contributed by atoms with Crippen molar-refractivity contribution < 1.29 is 9.53 Å². The zero-order chi connectivity index (χ0) is 17.4. The first-order valence-corrected chi connectivity index (χ1v) is 9.41. The normalized spacial score (nSPS) is 27.2. The summed E-state index contributed by atoms with van der Waals surface area (Å²) in [5, 5.41) is 0. The monoisotopic (exact) mass is 345 g/mol. The van der Waals surface area contributed by atoms with Gasteiger partial charge in [-0.1, -0.05) is 6.07 Å². The molecule has 2 atom stereocenters. The van der Waals surface area contributed by atoms with Gasteiger partial charge in [0, 0.05) is 50.4 Å². The van der Waals surface area contributed by atoms with Crippen molar-refractivity contribution in [1.82, 2.24) is 14.4 Å². The maximum Gasteiger partial charge on any atom is 0.250 e. The summed E-state index contributed by atoms with van der Waals surface area (Å²) in [6.45, 7) is 6.44. The average Bonchev–Trinajstić information content (AvgIpc) is 3.45. The molecule has 0 bridgehead atoms. The smallest absolute Gasteiger partial charge is 0.250 e. The SMILES string of the molecule is Cc1cccc(=O)n1CCC(=O)N1CCN2[C@@H](COC[C@@H]2C2CC2)C1. The lowest BCUT2D eigenvalue weighted by Crippen LogP contribution is -2.63. The van der Waals surface area contributed by atoms with E-state index < -0.39 is 0 Å². The van der Waals surface area contributed by atoms with Crippen LogP contribution in [0.5, 0.6) is 0 Å². The first kappa shape index (κ1) is 16.8. The molecular formula is C19H27N3O3. The van der Waals surface area contributed by atoms with E-state index in [1.54, 1.807) is 16.7 Å². The molecule has 2 aliphatic heterocycles. The van der Waals surface area contributed by atoms with Crippen LogP contribution in [-0.4, -0.2) is 65.2 Å². The fourth-order valence-electron chi connectivity index (χ4n) is 4.26. The molecule has 6 heteroatoms. The molecule has 0 aromatic carbocycles. The number of rotatable bonds is 4. The maximum absolute atomic E-state index is 12.6. The summed E-state index contributed by atoms with van der Waals surface area (Å²) in [6, 6.07) is 6.10. The average molecular weight is 345 g/mol. The van der Waals surface area contributed by atoms with E-state index in [9.17, 15) is 9.59 Å². The molecule has 0 spiro atoms. The van der Waals surface area contributed by atoms with Gasteiger partial charge in [0.05, 0.1) is 19.3 Å². The summed E-state index contributed by atoms with van der Waals surface area (Å²) in [4.78, 5) is 29.1. The van der Waals surface area contributed by atoms with Crippen LogP contribution in [0, 0.1) is 12.8 Å². The van der Waals surface area contributed by atoms with Crippen molar-refractivity contribution in [2.45, 2.75) is 44.8 Å². The number of carbonyl (C=O) groups is 1. The van der Waals surface area contributed by atoms with Gasteiger partial charge in [0.2, 0.25) is 5.91 Å². The third kappa shape index (κ3) is 3.51. The molecule has 1 aromatic heterocycles. The van der Waals surface area contributed by atoms with Crippen molar-refractivity contribution in [3.8, 4) is 0 Å². The number of fused-ring (bicyclic) bond motifs is 1. The number of nitrogens with zero attached hydrogens (tertiary/aromatic N) is 3. The number of piperazine rings is 1. The van der Waals surface area contributed by atoms with Gasteiger partial charge in [0.15, 0.2) is 0 Å². The Morgan fingerprint density at radius 3 is 2.84 bits per heavy atom. The van der Waals surface area contributed by atoms with Gasteiger partial charge in [-0.2, -0.15) is 0 Å². The predicted molar refractivity (Wildman–Crippen MR) is 94.5 cm³/mol. The van der Waals surface area contributed by atoms with Crippen molar-refractivity contribution in [2.75, 3.05) is 32.8 Å². The Kier molecular flexibility index (Phi) is 4.65. The predicted octanol–water partition coefficient (Wildman–Crippen LogP) is 0.868. The first-order valence-electron chi connectivity index (χ1n) is 9.41. The van der Waals surface area contributed by atoms with Crippen LogP contribution < -0.4 is 5.56 Å². The van der Waals surface area contributed by atoms with Crippen molar-refractivity contribution >= 4 is 5.91 Å². The van der Waals surface area contributed by atoms with E-state index in [2.05, 4.69) is 4.90 Å². The van der Waals surface area contributed by atoms with Gasteiger partial charge >= 0.3 is 0 Å². The van der Waals surface area contributed by atoms with E-state index in [1.165, 1.54) is 12.8 Å². The van der Waals surface area contributed by atoms with Crippen LogP contribution in [0.4, 0.5) is 0 Å². The third-order valence-electron chi connectivity index (χ3n) is 5.89. The van der Waals surface area contributed by atoms with Crippen LogP contribution in [0.25, 0.3) is 0 Å². The highest BCUT2D eigenvalue weighted by Crippen LogP contribution is 2.38. The van der Waals surface area contributed by atoms with Crippen LogP contribution in [0.15, 0.2) is 23.0 Å². The van der Waals surface area contributed by atoms with Gasteiger partial charge in [0.1, 0.15) is 0 Å². The number of carbonyl (C=O) groups excluding carboxylic acids is 1. The Bertz CT molecular complexity index is 697. The summed E-state index contributed by atoms with van der Waals surface area (Å²) in [7, 11) is 0. The molecule has 0 radical (unpaired) electrons. The summed E-state index contributed by atoms with van der Waals surface area (Å²) < 4.78 is 7.50. The molecule has 6 nitrogen and oxygen atoms in total. The fourth-order valence-corrected chi connectivity index (χ4v) is 4.26. The molecule has 25 heavy (non-hydrogen) atoms. The van der Waals surface area contributed by atoms with Crippen LogP contribution in [0.2, 0.25) is 0 Å². The lowest BCUT2D eigenvalue weighted by Gasteiger charge is -2.48. The molecule has 3 fully saturated rings. The van der Waals surface area contributed by atoms with Crippen LogP contribution in [-0.2, 0) is 16.1 Å². The van der Waals surface area contributed by atoms with E-state index in [-0.39, 0.29) is 11.5 Å². The molecule has 3 aliphatic rings. The molecule has 136 valence electrons. The van der Waals surface area contributed by atoms with Gasteiger partial charge in [-0.05, 0) is 31.7 Å². The second-order valence-electron chi connectivity index (χ2n) is 7.58. The highest BCUT2D eigenvalue weighted by molar-refractivity contribution is 5.76. The van der Waals surface area contributed by atoms with Gasteiger partial charge < -0.3 is 14.2 Å². The highest BCUT2D eigenvalue weighted by atomic mass is 16.5. The van der Waals surface area contributed by atoms with Crippen molar-refractivity contribution in [1.29, 1.82) is 0 Å². The molecule has 1 saturated carbocycles. The molecule has 1 amide bonds. The first-order chi connectivity index (χ1) is 12.1. The number of ether oxygens (including phenoxy) is 1. The molecule has 2 saturated heterocycles. The number of aromatic nitrogens is 1. The molecule has 3 heterocycles. The Labute approximate surface area is 148 Å². The number of hydrogen-bond donors (Lipinski definition) is 0. The molecule has 4 rings (SSSR count). The molecular weight excluding hydrogens is 318 g/mol. The minimum Gasteiger partial charge on any atom is -0.378 e. The molecule has 1 aliphatic carbocycles. The quantitative estimate of drug-likeness (QED) is 0.813. The number of hydrogen-bond acceptors (Lipinski definition) is 4. The molecule has 0 N–H and O–H groups in total. The van der Waals surface area contributed by atoms with Crippen LogP contribution >= 0.6 is 0 Å². The minimum absolute atomic E-state index is 0.0365. The number of pyridine rings is 1. The summed E-state index contributed by atoms with van der Waals surface area (Å²) in [5.41, 5.74) is 0.864. The zero-order valence-electron chi connectivity index (χ0n) is 14.9. The number of aryl methyl sites for hydroxylation is 1. The van der Waals surface area contributed by atoms with E-state index in [0.717, 1.165) is 44.5 Å². The highest BCUT2D eigenvalue weighted by Gasteiger charge is 2.43. The Balaban J connectivity index is 1.35. The lowest BCUT2D eigenvalue weighted by molar-refractivity contribution is -0.140. The van der Waals surface area contributed by atoms with Crippen molar-refractivity contribution in [3.05, 3.63) is 34.2 Å². The molecule has 0 unspecified atom stereocenters. The van der Waals surface area contributed by atoms with E-state index >= 15 is 0 Å². The van der Waals surface area contributed by atoms with Crippen LogP contribution in [0.1, 0.15) is 25.0 Å². The topological polar surface area (TPSA) is 54.8 Å².